The lowest BCUT2D eigenvalue weighted by Crippen LogP contribution is -2.52. The Balaban J connectivity index is 1.12. The van der Waals surface area contributed by atoms with Crippen LogP contribution in [0.15, 0.2) is 91.0 Å². The summed E-state index contributed by atoms with van der Waals surface area (Å²) in [6.45, 7) is 5.16. The van der Waals surface area contributed by atoms with E-state index in [9.17, 15) is 14.7 Å². The third-order valence-corrected chi connectivity index (χ3v) is 11.7. The van der Waals surface area contributed by atoms with Gasteiger partial charge in [0.05, 0.1) is 30.9 Å². The van der Waals surface area contributed by atoms with Crippen LogP contribution in [0.4, 0.5) is 5.69 Å². The summed E-state index contributed by atoms with van der Waals surface area (Å²) in [5, 5.41) is 10.1. The number of amides is 3. The number of fused-ring (bicyclic) bond motifs is 3. The van der Waals surface area contributed by atoms with Crippen LogP contribution in [0.2, 0.25) is 0 Å². The van der Waals surface area contributed by atoms with Gasteiger partial charge < -0.3 is 39.4 Å². The molecule has 3 amide bonds. The molecule has 0 aliphatic carbocycles. The van der Waals surface area contributed by atoms with Gasteiger partial charge in [-0.25, -0.2) is 0 Å². The second-order valence-corrected chi connectivity index (χ2v) is 15.2. The van der Waals surface area contributed by atoms with Crippen molar-refractivity contribution < 1.29 is 33.7 Å². The Morgan fingerprint density at radius 2 is 1.56 bits per heavy atom. The topological polar surface area (TPSA) is 140 Å². The molecule has 1 unspecified atom stereocenters. The van der Waals surface area contributed by atoms with Crippen molar-refractivity contribution in [2.24, 2.45) is 5.73 Å². The monoisotopic (exact) mass is 767 g/mol. The highest BCUT2D eigenvalue weighted by Crippen LogP contribution is 2.42. The molecule has 1 aromatic heterocycles. The number of hydrogen-bond acceptors (Lipinski definition) is 8. The Labute approximate surface area is 330 Å². The van der Waals surface area contributed by atoms with Gasteiger partial charge in [-0.1, -0.05) is 36.4 Å². The number of phenolic OH excluding ortho intramolecular Hbond substituents is 1. The molecule has 4 aliphatic rings. The first-order valence-corrected chi connectivity index (χ1v) is 19.6. The van der Waals surface area contributed by atoms with Crippen LogP contribution in [0.25, 0.3) is 11.3 Å². The minimum absolute atomic E-state index is 0.0567. The average molecular weight is 768 g/mol. The molecule has 1 saturated heterocycles. The van der Waals surface area contributed by atoms with E-state index in [1.165, 1.54) is 5.56 Å². The molecule has 9 rings (SSSR count). The van der Waals surface area contributed by atoms with E-state index in [2.05, 4.69) is 27.7 Å². The second kappa shape index (κ2) is 15.4. The summed E-state index contributed by atoms with van der Waals surface area (Å²) in [6, 6.07) is 27.4. The van der Waals surface area contributed by atoms with Crippen molar-refractivity contribution >= 4 is 23.4 Å². The molecule has 4 aromatic carbocycles. The molecule has 0 spiro atoms. The van der Waals surface area contributed by atoms with E-state index in [1.54, 1.807) is 53.4 Å². The van der Waals surface area contributed by atoms with Gasteiger partial charge in [-0.05, 0) is 97.0 Å². The Bertz CT molecular complexity index is 2330. The number of benzene rings is 4. The number of anilines is 1. The van der Waals surface area contributed by atoms with Crippen molar-refractivity contribution in [1.82, 2.24) is 14.4 Å². The van der Waals surface area contributed by atoms with Gasteiger partial charge in [0.1, 0.15) is 5.75 Å². The number of morpholine rings is 1. The zero-order valence-corrected chi connectivity index (χ0v) is 31.7. The second-order valence-electron chi connectivity index (χ2n) is 15.2. The van der Waals surface area contributed by atoms with Crippen LogP contribution in [-0.4, -0.2) is 82.9 Å². The quantitative estimate of drug-likeness (QED) is 0.193. The highest BCUT2D eigenvalue weighted by atomic mass is 16.7. The maximum Gasteiger partial charge on any atom is 0.260 e. The number of primary amides is 1. The number of carbonyl (C=O) groups excluding carboxylic acids is 3. The Morgan fingerprint density at radius 1 is 0.825 bits per heavy atom. The van der Waals surface area contributed by atoms with E-state index >= 15 is 4.79 Å². The molecule has 292 valence electrons. The van der Waals surface area contributed by atoms with Gasteiger partial charge in [0.25, 0.3) is 11.8 Å². The number of nitrogens with two attached hydrogens (primary N) is 1. The fourth-order valence-electron chi connectivity index (χ4n) is 8.66. The lowest BCUT2D eigenvalue weighted by molar-refractivity contribution is 0.0193. The van der Waals surface area contributed by atoms with Crippen molar-refractivity contribution in [2.75, 3.05) is 44.5 Å². The van der Waals surface area contributed by atoms with Gasteiger partial charge in [0.15, 0.2) is 11.5 Å². The maximum atomic E-state index is 15.2. The van der Waals surface area contributed by atoms with Crippen LogP contribution < -0.4 is 20.1 Å². The van der Waals surface area contributed by atoms with Crippen LogP contribution in [0.5, 0.6) is 17.2 Å². The average Bonchev–Trinajstić information content (AvgIpc) is 3.87. The Morgan fingerprint density at radius 3 is 2.32 bits per heavy atom. The van der Waals surface area contributed by atoms with Crippen molar-refractivity contribution in [2.45, 2.75) is 51.4 Å². The van der Waals surface area contributed by atoms with Gasteiger partial charge >= 0.3 is 0 Å². The molecule has 0 saturated carbocycles. The minimum atomic E-state index is -0.528. The lowest BCUT2D eigenvalue weighted by Gasteiger charge is -2.40. The molecule has 57 heavy (non-hydrogen) atoms. The first-order valence-electron chi connectivity index (χ1n) is 19.6. The molecule has 4 aliphatic heterocycles. The highest BCUT2D eigenvalue weighted by Gasteiger charge is 2.36. The number of aromatic hydroxyl groups is 1. The molecule has 12 heteroatoms. The van der Waals surface area contributed by atoms with Crippen molar-refractivity contribution in [3.05, 3.63) is 130 Å². The molecular formula is C45H45N5O7. The normalized spacial score (nSPS) is 17.5. The zero-order chi connectivity index (χ0) is 39.0. The van der Waals surface area contributed by atoms with Crippen molar-refractivity contribution in [1.29, 1.82) is 0 Å². The standard InChI is InChI=1S/C45H45N5O7/c46-43(52)30-10-8-29(9-11-30)25-49(33-12-14-35(51)15-13-33)45(54)38-22-40(48-16-4-3-7-39(38)48)36-23-41-42(57-28-56-41)24-37(36)44(53)50-26-32-6-2-1-5-31(32)21-34(50)27-47-17-19-55-20-18-47/h1-2,5-6,8-15,22-24,34,51H,3-4,7,16-21,25-28H2,(H2,46,52). The van der Waals surface area contributed by atoms with Crippen LogP contribution in [0.3, 0.4) is 0 Å². The molecule has 0 bridgehead atoms. The van der Waals surface area contributed by atoms with E-state index < -0.39 is 5.91 Å². The predicted molar refractivity (Wildman–Crippen MR) is 214 cm³/mol. The molecule has 1 fully saturated rings. The first kappa shape index (κ1) is 36.5. The van der Waals surface area contributed by atoms with E-state index in [0.29, 0.717) is 72.2 Å². The largest absolute Gasteiger partial charge is 0.508 e. The van der Waals surface area contributed by atoms with Gasteiger partial charge in [-0.2, -0.15) is 0 Å². The SMILES string of the molecule is NC(=O)c1ccc(CN(C(=O)c2cc(-c3cc4c(cc3C(=O)N3Cc5ccccc5CC3CN3CCOCC3)OCO4)n3c2CCCC3)c2ccc(O)cc2)cc1. The van der Waals surface area contributed by atoms with Crippen molar-refractivity contribution in [3.63, 3.8) is 0 Å². The fourth-order valence-corrected chi connectivity index (χ4v) is 8.66. The summed E-state index contributed by atoms with van der Waals surface area (Å²) in [5.74, 6) is 0.320. The fraction of sp³-hybridized carbons (Fsp3) is 0.311. The van der Waals surface area contributed by atoms with E-state index in [1.807, 2.05) is 29.2 Å². The molecule has 3 N–H and O–H groups in total. The van der Waals surface area contributed by atoms with Crippen molar-refractivity contribution in [3.8, 4) is 28.5 Å². The highest BCUT2D eigenvalue weighted by molar-refractivity contribution is 6.09. The summed E-state index contributed by atoms with van der Waals surface area (Å²) in [4.78, 5) is 48.0. The van der Waals surface area contributed by atoms with E-state index in [-0.39, 0.29) is 36.9 Å². The van der Waals surface area contributed by atoms with Gasteiger partial charge in [0.2, 0.25) is 12.7 Å². The third-order valence-electron chi connectivity index (χ3n) is 11.7. The molecule has 5 heterocycles. The Hall–Kier alpha value is -6.11. The van der Waals surface area contributed by atoms with Crippen LogP contribution in [0, 0.1) is 0 Å². The maximum absolute atomic E-state index is 15.2. The van der Waals surface area contributed by atoms with Gasteiger partial charge in [-0.15, -0.1) is 0 Å². The number of carbonyl (C=O) groups is 3. The summed E-state index contributed by atoms with van der Waals surface area (Å²) < 4.78 is 19.6. The van der Waals surface area contributed by atoms with E-state index in [0.717, 1.165) is 61.4 Å². The van der Waals surface area contributed by atoms with Gasteiger partial charge in [-0.3, -0.25) is 19.3 Å². The molecule has 12 nitrogen and oxygen atoms in total. The molecule has 1 atom stereocenters. The molecular weight excluding hydrogens is 723 g/mol. The summed E-state index contributed by atoms with van der Waals surface area (Å²) >= 11 is 0. The number of phenols is 1. The molecule has 5 aromatic rings. The number of ether oxygens (including phenoxy) is 3. The predicted octanol–water partition coefficient (Wildman–Crippen LogP) is 5.77. The third kappa shape index (κ3) is 7.22. The lowest BCUT2D eigenvalue weighted by atomic mass is 9.92. The van der Waals surface area contributed by atoms with Gasteiger partial charge in [0, 0.05) is 67.0 Å². The van der Waals surface area contributed by atoms with Crippen LogP contribution in [-0.2, 0) is 37.2 Å². The van der Waals surface area contributed by atoms with E-state index in [4.69, 9.17) is 19.9 Å². The van der Waals surface area contributed by atoms with Crippen LogP contribution >= 0.6 is 0 Å². The number of nitrogens with zero attached hydrogens (tertiary/aromatic N) is 4. The number of aromatic nitrogens is 1. The Kier molecular flexibility index (Phi) is 9.89. The first-order chi connectivity index (χ1) is 27.8. The zero-order valence-electron chi connectivity index (χ0n) is 31.7. The minimum Gasteiger partial charge on any atom is -0.508 e. The summed E-state index contributed by atoms with van der Waals surface area (Å²) in [6.07, 6.45) is 3.28. The van der Waals surface area contributed by atoms with Crippen LogP contribution in [0.1, 0.15) is 66.3 Å². The summed E-state index contributed by atoms with van der Waals surface area (Å²) in [7, 11) is 0. The smallest absolute Gasteiger partial charge is 0.260 e. The summed E-state index contributed by atoms with van der Waals surface area (Å²) in [5.41, 5.74) is 13.1. The molecule has 0 radical (unpaired) electrons. The number of rotatable bonds is 9. The number of hydrogen-bond donors (Lipinski definition) is 2.